The van der Waals surface area contributed by atoms with Gasteiger partial charge in [-0.1, -0.05) is 12.0 Å². The Morgan fingerprint density at radius 2 is 1.84 bits per heavy atom. The Labute approximate surface area is 255 Å². The lowest BCUT2D eigenvalue weighted by Gasteiger charge is -2.34. The summed E-state index contributed by atoms with van der Waals surface area (Å²) in [4.78, 5) is 2.22. The van der Waals surface area contributed by atoms with E-state index < -0.39 is 22.7 Å². The van der Waals surface area contributed by atoms with Crippen LogP contribution in [-0.4, -0.2) is 90.3 Å². The topological polar surface area (TPSA) is 120 Å². The summed E-state index contributed by atoms with van der Waals surface area (Å²) in [6.07, 6.45) is -2.69. The summed E-state index contributed by atoms with van der Waals surface area (Å²) in [5.41, 5.74) is 1.88. The second kappa shape index (κ2) is 14.5. The standard InChI is InChI=1S/C30H38F3N5O5S/c1-41-19-23(42-2)18-37-14-11-21(12-15-37)36-26-7-4-8-28-25(26)16-22(38(28)20-30(31,32)33)6-5-13-35-27-10-9-24(44(34,39)40)17-29(27)43-3/h4,7-10,16-17,21,23,35-36H,11-15,18-20H2,1-3H3,(H2,34,39,40). The molecule has 0 bridgehead atoms. The molecule has 1 aliphatic rings. The van der Waals surface area contributed by atoms with E-state index in [1.807, 2.05) is 6.07 Å². The highest BCUT2D eigenvalue weighted by atomic mass is 32.2. The summed E-state index contributed by atoms with van der Waals surface area (Å²) in [5, 5.41) is 12.4. The molecule has 240 valence electrons. The Morgan fingerprint density at radius 3 is 2.48 bits per heavy atom. The number of ether oxygens (including phenoxy) is 3. The third-order valence-electron chi connectivity index (χ3n) is 7.46. The molecule has 0 amide bonds. The van der Waals surface area contributed by atoms with Crippen molar-refractivity contribution in [1.29, 1.82) is 0 Å². The first-order chi connectivity index (χ1) is 20.9. The van der Waals surface area contributed by atoms with Crippen LogP contribution in [0, 0.1) is 11.8 Å². The zero-order valence-electron chi connectivity index (χ0n) is 24.9. The second-order valence-corrected chi connectivity index (χ2v) is 12.1. The zero-order valence-corrected chi connectivity index (χ0v) is 25.7. The molecule has 0 radical (unpaired) electrons. The second-order valence-electron chi connectivity index (χ2n) is 10.6. The summed E-state index contributed by atoms with van der Waals surface area (Å²) in [7, 11) is 0.786. The van der Waals surface area contributed by atoms with Crippen molar-refractivity contribution in [2.75, 3.05) is 64.7 Å². The SMILES string of the molecule is COCC(CN1CCC(Nc2cccc3c2cc(C#CCNc2ccc(S(N)(=O)=O)cc2OC)n3CC(F)(F)F)CC1)OC. The quantitative estimate of drug-likeness (QED) is 0.256. The smallest absolute Gasteiger partial charge is 0.406 e. The van der Waals surface area contributed by atoms with E-state index in [9.17, 15) is 21.6 Å². The van der Waals surface area contributed by atoms with Gasteiger partial charge in [-0.3, -0.25) is 0 Å². The molecule has 0 saturated carbocycles. The van der Waals surface area contributed by atoms with Crippen molar-refractivity contribution in [1.82, 2.24) is 9.47 Å². The van der Waals surface area contributed by atoms with Gasteiger partial charge in [0.1, 0.15) is 12.3 Å². The number of hydrogen-bond donors (Lipinski definition) is 3. The molecule has 44 heavy (non-hydrogen) atoms. The lowest BCUT2D eigenvalue weighted by molar-refractivity contribution is -0.140. The molecule has 1 aromatic heterocycles. The third-order valence-corrected chi connectivity index (χ3v) is 8.37. The number of rotatable bonds is 12. The van der Waals surface area contributed by atoms with E-state index in [0.717, 1.165) is 38.2 Å². The summed E-state index contributed by atoms with van der Waals surface area (Å²) >= 11 is 0. The molecule has 1 atom stereocenters. The van der Waals surface area contributed by atoms with Crippen LogP contribution in [0.5, 0.6) is 5.75 Å². The Bertz CT molecular complexity index is 1590. The molecular weight excluding hydrogens is 599 g/mol. The van der Waals surface area contributed by atoms with Crippen LogP contribution in [0.25, 0.3) is 10.9 Å². The lowest BCUT2D eigenvalue weighted by Crippen LogP contribution is -2.43. The molecule has 10 nitrogen and oxygen atoms in total. The molecule has 4 rings (SSSR count). The molecular formula is C30H38F3N5O5S. The molecule has 1 unspecified atom stereocenters. The van der Waals surface area contributed by atoms with E-state index >= 15 is 0 Å². The van der Waals surface area contributed by atoms with Gasteiger partial charge in [0, 0.05) is 57.0 Å². The highest BCUT2D eigenvalue weighted by molar-refractivity contribution is 7.89. The van der Waals surface area contributed by atoms with Crippen LogP contribution in [0.3, 0.4) is 0 Å². The number of primary sulfonamides is 1. The normalized spacial score (nSPS) is 15.5. The van der Waals surface area contributed by atoms with E-state index in [1.165, 1.54) is 29.9 Å². The Hall–Kier alpha value is -3.48. The Morgan fingerprint density at radius 1 is 1.09 bits per heavy atom. The van der Waals surface area contributed by atoms with Crippen molar-refractivity contribution < 1.29 is 35.8 Å². The monoisotopic (exact) mass is 637 g/mol. The van der Waals surface area contributed by atoms with Gasteiger partial charge < -0.3 is 34.3 Å². The van der Waals surface area contributed by atoms with Crippen molar-refractivity contribution in [3.05, 3.63) is 48.2 Å². The van der Waals surface area contributed by atoms with Crippen LogP contribution in [0.2, 0.25) is 0 Å². The number of aromatic nitrogens is 1. The number of nitrogens with two attached hydrogens (primary N) is 1. The maximum atomic E-state index is 13.6. The first-order valence-corrected chi connectivity index (χ1v) is 15.6. The molecule has 4 N–H and O–H groups in total. The largest absolute Gasteiger partial charge is 0.495 e. The molecule has 1 saturated heterocycles. The number of alkyl halides is 3. The predicted octanol–water partition coefficient (Wildman–Crippen LogP) is 3.86. The number of halogens is 3. The van der Waals surface area contributed by atoms with E-state index in [-0.39, 0.29) is 35.0 Å². The number of anilines is 2. The molecule has 2 aromatic carbocycles. The van der Waals surface area contributed by atoms with E-state index in [4.69, 9.17) is 19.3 Å². The minimum Gasteiger partial charge on any atom is -0.495 e. The molecule has 2 heterocycles. The van der Waals surface area contributed by atoms with Gasteiger partial charge in [0.2, 0.25) is 10.0 Å². The van der Waals surface area contributed by atoms with Gasteiger partial charge in [-0.2, -0.15) is 13.2 Å². The number of hydrogen-bond acceptors (Lipinski definition) is 8. The van der Waals surface area contributed by atoms with Gasteiger partial charge in [-0.05, 0) is 49.1 Å². The van der Waals surface area contributed by atoms with Gasteiger partial charge in [0.25, 0.3) is 0 Å². The van der Waals surface area contributed by atoms with Crippen LogP contribution < -0.4 is 20.5 Å². The maximum absolute atomic E-state index is 13.6. The third kappa shape index (κ3) is 8.80. The Balaban J connectivity index is 1.51. The molecule has 0 spiro atoms. The summed E-state index contributed by atoms with van der Waals surface area (Å²) in [5.74, 6) is 5.99. The number of fused-ring (bicyclic) bond motifs is 1. The van der Waals surface area contributed by atoms with Crippen LogP contribution in [0.1, 0.15) is 18.5 Å². The van der Waals surface area contributed by atoms with Crippen molar-refractivity contribution in [2.45, 2.75) is 42.6 Å². The minimum atomic E-state index is -4.45. The van der Waals surface area contributed by atoms with Crippen LogP contribution in [0.4, 0.5) is 24.5 Å². The van der Waals surface area contributed by atoms with Crippen molar-refractivity contribution in [3.63, 3.8) is 0 Å². The first-order valence-electron chi connectivity index (χ1n) is 14.0. The number of benzene rings is 2. The van der Waals surface area contributed by atoms with Gasteiger partial charge >= 0.3 is 6.18 Å². The summed E-state index contributed by atoms with van der Waals surface area (Å²) in [6, 6.07) is 11.2. The predicted molar refractivity (Wildman–Crippen MR) is 163 cm³/mol. The number of sulfonamides is 1. The summed E-state index contributed by atoms with van der Waals surface area (Å²) in [6.45, 7) is 1.92. The van der Waals surface area contributed by atoms with Gasteiger partial charge in [-0.25, -0.2) is 13.6 Å². The number of piperidine rings is 1. The van der Waals surface area contributed by atoms with Crippen LogP contribution in [-0.2, 0) is 26.0 Å². The van der Waals surface area contributed by atoms with E-state index in [1.54, 1.807) is 32.4 Å². The molecule has 14 heteroatoms. The number of likely N-dealkylation sites (tertiary alicyclic amines) is 1. The van der Waals surface area contributed by atoms with Crippen LogP contribution in [0.15, 0.2) is 47.4 Å². The fourth-order valence-corrected chi connectivity index (χ4v) is 5.81. The first kappa shape index (κ1) is 33.4. The van der Waals surface area contributed by atoms with Crippen molar-refractivity contribution in [3.8, 4) is 17.6 Å². The molecule has 1 aliphatic heterocycles. The average Bonchev–Trinajstić information content (AvgIpc) is 3.32. The number of methoxy groups -OCH3 is 3. The number of nitrogens with zero attached hydrogens (tertiary/aromatic N) is 2. The minimum absolute atomic E-state index is 0.000978. The Kier molecular flexibility index (Phi) is 11.0. The highest BCUT2D eigenvalue weighted by Crippen LogP contribution is 2.31. The van der Waals surface area contributed by atoms with Gasteiger partial charge in [-0.15, -0.1) is 0 Å². The van der Waals surface area contributed by atoms with Crippen LogP contribution >= 0.6 is 0 Å². The van der Waals surface area contributed by atoms with Crippen molar-refractivity contribution >= 4 is 32.3 Å². The highest BCUT2D eigenvalue weighted by Gasteiger charge is 2.30. The van der Waals surface area contributed by atoms with Crippen molar-refractivity contribution in [2.24, 2.45) is 5.14 Å². The summed E-state index contributed by atoms with van der Waals surface area (Å²) < 4.78 is 81.3. The van der Waals surface area contributed by atoms with Gasteiger partial charge in [0.05, 0.1) is 48.2 Å². The van der Waals surface area contributed by atoms with Gasteiger partial charge in [0.15, 0.2) is 0 Å². The average molecular weight is 638 g/mol. The lowest BCUT2D eigenvalue weighted by atomic mass is 10.0. The van der Waals surface area contributed by atoms with E-state index in [2.05, 4.69) is 27.4 Å². The molecule has 0 aliphatic carbocycles. The number of nitrogens with one attached hydrogen (secondary N) is 2. The maximum Gasteiger partial charge on any atom is 0.406 e. The van der Waals surface area contributed by atoms with E-state index in [0.29, 0.717) is 23.2 Å². The molecule has 1 fully saturated rings. The zero-order chi connectivity index (χ0) is 31.9. The fourth-order valence-electron chi connectivity index (χ4n) is 5.28. The fraction of sp³-hybridized carbons (Fsp3) is 0.467. The molecule has 3 aromatic rings.